The second-order valence-corrected chi connectivity index (χ2v) is 6.70. The molecule has 0 saturated carbocycles. The minimum Gasteiger partial charge on any atom is -0.442 e. The number of amides is 1. The maximum Gasteiger partial charge on any atom is 0.265 e. The van der Waals surface area contributed by atoms with Crippen molar-refractivity contribution in [1.82, 2.24) is 9.55 Å². The van der Waals surface area contributed by atoms with Crippen LogP contribution < -0.4 is 10.9 Å². The van der Waals surface area contributed by atoms with Gasteiger partial charge in [0.15, 0.2) is 0 Å². The Labute approximate surface area is 161 Å². The Morgan fingerprint density at radius 3 is 2.50 bits per heavy atom. The maximum absolute atomic E-state index is 13.1. The fraction of sp³-hybridized carbons (Fsp3) is 0.136. The van der Waals surface area contributed by atoms with Crippen molar-refractivity contribution in [2.24, 2.45) is 0 Å². The zero-order valence-corrected chi connectivity index (χ0v) is 15.6. The number of aromatic nitrogens is 2. The summed E-state index contributed by atoms with van der Waals surface area (Å²) in [5.41, 5.74) is 2.79. The molecular weight excluding hydrogens is 354 g/mol. The molecule has 1 N–H and O–H groups in total. The van der Waals surface area contributed by atoms with E-state index in [1.165, 1.54) is 10.9 Å². The Kier molecular flexibility index (Phi) is 4.53. The van der Waals surface area contributed by atoms with E-state index in [1.807, 2.05) is 61.5 Å². The van der Waals surface area contributed by atoms with Gasteiger partial charge in [-0.05, 0) is 31.5 Å². The Morgan fingerprint density at radius 2 is 1.79 bits per heavy atom. The third-order valence-electron chi connectivity index (χ3n) is 4.59. The van der Waals surface area contributed by atoms with E-state index < -0.39 is 5.91 Å². The highest BCUT2D eigenvalue weighted by Gasteiger charge is 2.23. The molecule has 0 radical (unpaired) electrons. The molecule has 0 spiro atoms. The van der Waals surface area contributed by atoms with Crippen molar-refractivity contribution in [3.63, 3.8) is 0 Å². The van der Waals surface area contributed by atoms with Crippen molar-refractivity contribution in [3.05, 3.63) is 93.7 Å². The third-order valence-corrected chi connectivity index (χ3v) is 4.59. The molecule has 2 aromatic heterocycles. The minimum absolute atomic E-state index is 0.167. The molecule has 2 heterocycles. The molecular formula is C22H19N3O3. The van der Waals surface area contributed by atoms with Crippen LogP contribution in [0.15, 0.2) is 70.1 Å². The van der Waals surface area contributed by atoms with Crippen LogP contribution in [0.5, 0.6) is 0 Å². The normalized spacial score (nSPS) is 10.9. The lowest BCUT2D eigenvalue weighted by atomic mass is 10.1. The van der Waals surface area contributed by atoms with E-state index in [-0.39, 0.29) is 22.2 Å². The number of anilines is 1. The van der Waals surface area contributed by atoms with Gasteiger partial charge >= 0.3 is 0 Å². The molecule has 6 nitrogen and oxygen atoms in total. The van der Waals surface area contributed by atoms with E-state index in [9.17, 15) is 9.59 Å². The van der Waals surface area contributed by atoms with Crippen LogP contribution in [0.3, 0.4) is 0 Å². The third kappa shape index (κ3) is 3.32. The topological polar surface area (TPSA) is 77.1 Å². The summed E-state index contributed by atoms with van der Waals surface area (Å²) in [5, 5.41) is 3.02. The molecule has 0 unspecified atom stereocenters. The summed E-state index contributed by atoms with van der Waals surface area (Å²) >= 11 is 0. The molecule has 2 aromatic carbocycles. The van der Waals surface area contributed by atoms with Crippen LogP contribution >= 0.6 is 0 Å². The number of hydrogen-bond donors (Lipinski definition) is 1. The zero-order chi connectivity index (χ0) is 19.7. The van der Waals surface area contributed by atoms with Gasteiger partial charge in [-0.2, -0.15) is 0 Å². The van der Waals surface area contributed by atoms with Gasteiger partial charge < -0.3 is 9.73 Å². The monoisotopic (exact) mass is 373 g/mol. The van der Waals surface area contributed by atoms with Crippen LogP contribution in [0.25, 0.3) is 11.1 Å². The summed E-state index contributed by atoms with van der Waals surface area (Å²) < 4.78 is 7.06. The fourth-order valence-corrected chi connectivity index (χ4v) is 3.13. The summed E-state index contributed by atoms with van der Waals surface area (Å²) in [4.78, 5) is 30.2. The van der Waals surface area contributed by atoms with Gasteiger partial charge in [-0.15, -0.1) is 0 Å². The summed E-state index contributed by atoms with van der Waals surface area (Å²) in [6, 6.07) is 17.1. The highest BCUT2D eigenvalue weighted by Crippen LogP contribution is 2.22. The van der Waals surface area contributed by atoms with Crippen molar-refractivity contribution < 1.29 is 9.21 Å². The lowest BCUT2D eigenvalue weighted by Crippen LogP contribution is -2.23. The van der Waals surface area contributed by atoms with Crippen molar-refractivity contribution in [2.45, 2.75) is 20.4 Å². The molecule has 6 heteroatoms. The van der Waals surface area contributed by atoms with Gasteiger partial charge in [0.1, 0.15) is 17.5 Å². The lowest BCUT2D eigenvalue weighted by Gasteiger charge is -2.07. The van der Waals surface area contributed by atoms with E-state index >= 15 is 0 Å². The second kappa shape index (κ2) is 7.15. The smallest absolute Gasteiger partial charge is 0.265 e. The van der Waals surface area contributed by atoms with Crippen LogP contribution in [0.2, 0.25) is 0 Å². The fourth-order valence-electron chi connectivity index (χ4n) is 3.13. The van der Waals surface area contributed by atoms with Crippen LogP contribution in [-0.4, -0.2) is 15.5 Å². The van der Waals surface area contributed by atoms with E-state index in [0.29, 0.717) is 18.0 Å². The quantitative estimate of drug-likeness (QED) is 0.588. The Morgan fingerprint density at radius 1 is 1.07 bits per heavy atom. The highest BCUT2D eigenvalue weighted by molar-refractivity contribution is 6.12. The Balaban J connectivity index is 1.74. The Hall–Kier alpha value is -3.67. The highest BCUT2D eigenvalue weighted by atomic mass is 16.3. The van der Waals surface area contributed by atoms with Gasteiger partial charge in [-0.25, -0.2) is 4.98 Å². The maximum atomic E-state index is 13.1. The molecule has 1 amide bonds. The van der Waals surface area contributed by atoms with Crippen LogP contribution in [0, 0.1) is 13.8 Å². The first-order valence-corrected chi connectivity index (χ1v) is 8.93. The molecule has 28 heavy (non-hydrogen) atoms. The average Bonchev–Trinajstić information content (AvgIpc) is 3.03. The number of rotatable bonds is 4. The van der Waals surface area contributed by atoms with Gasteiger partial charge in [0, 0.05) is 5.69 Å². The molecule has 0 aliphatic carbocycles. The van der Waals surface area contributed by atoms with E-state index in [0.717, 1.165) is 11.1 Å². The molecule has 0 aliphatic rings. The van der Waals surface area contributed by atoms with Gasteiger partial charge in [0.25, 0.3) is 11.5 Å². The van der Waals surface area contributed by atoms with Crippen molar-refractivity contribution >= 4 is 22.7 Å². The Bertz CT molecular complexity index is 1210. The molecule has 4 aromatic rings. The summed E-state index contributed by atoms with van der Waals surface area (Å²) in [5.74, 6) is -0.0295. The minimum atomic E-state index is -0.392. The first-order chi connectivity index (χ1) is 13.5. The number of hydrogen-bond acceptors (Lipinski definition) is 4. The predicted octanol–water partition coefficient (Wildman–Crippen LogP) is 3.91. The van der Waals surface area contributed by atoms with Crippen molar-refractivity contribution in [3.8, 4) is 0 Å². The number of furan rings is 1. The number of benzene rings is 2. The number of carbonyl (C=O) groups is 1. The van der Waals surface area contributed by atoms with Crippen molar-refractivity contribution in [1.29, 1.82) is 0 Å². The molecule has 0 bridgehead atoms. The van der Waals surface area contributed by atoms with Gasteiger partial charge in [0.05, 0.1) is 12.1 Å². The van der Waals surface area contributed by atoms with E-state index in [1.54, 1.807) is 6.92 Å². The number of carbonyl (C=O) groups excluding carboxylic acids is 1. The SMILES string of the molecule is Cc1ccc(NC(=O)c2c(C)oc3ncn(Cc4ccccc4)c(=O)c23)cc1. The molecule has 0 aliphatic heterocycles. The van der Waals surface area contributed by atoms with Crippen LogP contribution in [0.1, 0.15) is 27.2 Å². The van der Waals surface area contributed by atoms with E-state index in [2.05, 4.69) is 10.3 Å². The molecule has 140 valence electrons. The van der Waals surface area contributed by atoms with Crippen LogP contribution in [-0.2, 0) is 6.54 Å². The number of aryl methyl sites for hydroxylation is 2. The summed E-state index contributed by atoms with van der Waals surface area (Å²) in [6.07, 6.45) is 1.45. The lowest BCUT2D eigenvalue weighted by molar-refractivity contribution is 0.102. The number of nitrogens with one attached hydrogen (secondary N) is 1. The first kappa shape index (κ1) is 17.7. The zero-order valence-electron chi connectivity index (χ0n) is 15.6. The average molecular weight is 373 g/mol. The number of nitrogens with zero attached hydrogens (tertiary/aromatic N) is 2. The standard InChI is InChI=1S/C22H19N3O3/c1-14-8-10-17(11-9-14)24-20(26)18-15(2)28-21-19(18)22(27)25(13-23-21)12-16-6-4-3-5-7-16/h3-11,13H,12H2,1-2H3,(H,24,26). The van der Waals surface area contributed by atoms with Gasteiger partial charge in [-0.1, -0.05) is 48.0 Å². The van der Waals surface area contributed by atoms with Gasteiger partial charge in [-0.3, -0.25) is 14.2 Å². The first-order valence-electron chi connectivity index (χ1n) is 8.93. The summed E-state index contributed by atoms with van der Waals surface area (Å²) in [6.45, 7) is 4.00. The molecule has 0 fully saturated rings. The second-order valence-electron chi connectivity index (χ2n) is 6.70. The summed E-state index contributed by atoms with van der Waals surface area (Å²) in [7, 11) is 0. The molecule has 0 saturated heterocycles. The molecule has 0 atom stereocenters. The largest absolute Gasteiger partial charge is 0.442 e. The predicted molar refractivity (Wildman–Crippen MR) is 108 cm³/mol. The number of fused-ring (bicyclic) bond motifs is 1. The van der Waals surface area contributed by atoms with Crippen LogP contribution in [0.4, 0.5) is 5.69 Å². The molecule has 4 rings (SSSR count). The van der Waals surface area contributed by atoms with E-state index in [4.69, 9.17) is 4.42 Å². The van der Waals surface area contributed by atoms with Crippen molar-refractivity contribution in [2.75, 3.05) is 5.32 Å². The van der Waals surface area contributed by atoms with Gasteiger partial charge in [0.2, 0.25) is 5.71 Å².